The third-order valence-electron chi connectivity index (χ3n) is 5.04. The largest absolute Gasteiger partial charge is 0.495 e. The van der Waals surface area contributed by atoms with E-state index in [1.54, 1.807) is 12.1 Å². The SMILES string of the molecule is COc1cc(C)c(C)cc1S(=O)(=O)NCC1CCCN1c1ccccc1. The topological polar surface area (TPSA) is 58.6 Å². The van der Waals surface area contributed by atoms with Gasteiger partial charge >= 0.3 is 0 Å². The summed E-state index contributed by atoms with van der Waals surface area (Å²) in [7, 11) is -2.14. The number of para-hydroxylation sites is 1. The summed E-state index contributed by atoms with van der Waals surface area (Å²) in [5, 5.41) is 0. The van der Waals surface area contributed by atoms with Crippen molar-refractivity contribution in [3.05, 3.63) is 53.6 Å². The molecular weight excluding hydrogens is 348 g/mol. The van der Waals surface area contributed by atoms with E-state index >= 15 is 0 Å². The smallest absolute Gasteiger partial charge is 0.244 e. The summed E-state index contributed by atoms with van der Waals surface area (Å²) in [6.45, 7) is 5.18. The number of benzene rings is 2. The van der Waals surface area contributed by atoms with Crippen LogP contribution in [0.2, 0.25) is 0 Å². The fourth-order valence-corrected chi connectivity index (χ4v) is 4.73. The molecule has 0 radical (unpaired) electrons. The van der Waals surface area contributed by atoms with Gasteiger partial charge in [-0.15, -0.1) is 0 Å². The highest BCUT2D eigenvalue weighted by atomic mass is 32.2. The summed E-state index contributed by atoms with van der Waals surface area (Å²) >= 11 is 0. The third-order valence-corrected chi connectivity index (χ3v) is 6.49. The first kappa shape index (κ1) is 18.7. The van der Waals surface area contributed by atoms with Crippen molar-refractivity contribution in [2.75, 3.05) is 25.1 Å². The number of ether oxygens (including phenoxy) is 1. The van der Waals surface area contributed by atoms with Gasteiger partial charge in [0.05, 0.1) is 7.11 Å². The molecule has 0 aromatic heterocycles. The highest BCUT2D eigenvalue weighted by Crippen LogP contribution is 2.28. The average molecular weight is 375 g/mol. The van der Waals surface area contributed by atoms with E-state index < -0.39 is 10.0 Å². The Balaban J connectivity index is 1.77. The van der Waals surface area contributed by atoms with Crippen LogP contribution in [0.15, 0.2) is 47.4 Å². The first-order valence-electron chi connectivity index (χ1n) is 8.89. The first-order valence-corrected chi connectivity index (χ1v) is 10.4. The molecule has 26 heavy (non-hydrogen) atoms. The first-order chi connectivity index (χ1) is 12.4. The molecule has 5 nitrogen and oxygen atoms in total. The Kier molecular flexibility index (Phi) is 5.53. The van der Waals surface area contributed by atoms with Crippen molar-refractivity contribution in [1.29, 1.82) is 0 Å². The minimum Gasteiger partial charge on any atom is -0.495 e. The summed E-state index contributed by atoms with van der Waals surface area (Å²) in [6.07, 6.45) is 2.04. The Labute approximate surface area is 156 Å². The van der Waals surface area contributed by atoms with Gasteiger partial charge in [0.2, 0.25) is 10.0 Å². The predicted molar refractivity (Wildman–Crippen MR) is 104 cm³/mol. The van der Waals surface area contributed by atoms with Crippen molar-refractivity contribution in [3.8, 4) is 5.75 Å². The van der Waals surface area contributed by atoms with Gasteiger partial charge in [0.25, 0.3) is 0 Å². The van der Waals surface area contributed by atoms with Crippen LogP contribution in [-0.2, 0) is 10.0 Å². The van der Waals surface area contributed by atoms with E-state index in [9.17, 15) is 8.42 Å². The third kappa shape index (κ3) is 3.86. The summed E-state index contributed by atoms with van der Waals surface area (Å²) < 4.78 is 33.8. The Bertz CT molecular complexity index is 866. The monoisotopic (exact) mass is 374 g/mol. The van der Waals surface area contributed by atoms with Crippen molar-refractivity contribution in [2.24, 2.45) is 0 Å². The van der Waals surface area contributed by atoms with Gasteiger partial charge in [0, 0.05) is 24.8 Å². The number of rotatable bonds is 6. The lowest BCUT2D eigenvalue weighted by atomic mass is 10.1. The molecule has 140 valence electrons. The fraction of sp³-hybridized carbons (Fsp3) is 0.400. The maximum atomic E-state index is 12.9. The minimum atomic E-state index is -3.64. The van der Waals surface area contributed by atoms with Crippen LogP contribution in [0.5, 0.6) is 5.75 Å². The number of nitrogens with zero attached hydrogens (tertiary/aromatic N) is 1. The molecule has 6 heteroatoms. The van der Waals surface area contributed by atoms with Crippen LogP contribution in [0, 0.1) is 13.8 Å². The van der Waals surface area contributed by atoms with Crippen LogP contribution in [0.1, 0.15) is 24.0 Å². The maximum Gasteiger partial charge on any atom is 0.244 e. The van der Waals surface area contributed by atoms with E-state index in [1.165, 1.54) is 7.11 Å². The van der Waals surface area contributed by atoms with Crippen LogP contribution in [-0.4, -0.2) is 34.7 Å². The second-order valence-electron chi connectivity index (χ2n) is 6.76. The number of methoxy groups -OCH3 is 1. The summed E-state index contributed by atoms with van der Waals surface area (Å²) in [5.74, 6) is 0.381. The highest BCUT2D eigenvalue weighted by molar-refractivity contribution is 7.89. The van der Waals surface area contributed by atoms with Gasteiger partial charge in [-0.25, -0.2) is 13.1 Å². The van der Waals surface area contributed by atoms with Crippen molar-refractivity contribution < 1.29 is 13.2 Å². The summed E-state index contributed by atoms with van der Waals surface area (Å²) in [4.78, 5) is 2.48. The van der Waals surface area contributed by atoms with Gasteiger partial charge in [-0.05, 0) is 62.1 Å². The molecule has 2 aromatic carbocycles. The van der Waals surface area contributed by atoms with E-state index in [2.05, 4.69) is 21.8 Å². The molecule has 1 aliphatic rings. The van der Waals surface area contributed by atoms with Gasteiger partial charge in [0.1, 0.15) is 10.6 Å². The zero-order valence-electron chi connectivity index (χ0n) is 15.5. The van der Waals surface area contributed by atoms with Crippen LogP contribution >= 0.6 is 0 Å². The van der Waals surface area contributed by atoms with E-state index in [1.807, 2.05) is 32.0 Å². The number of sulfonamides is 1. The number of hydrogen-bond acceptors (Lipinski definition) is 4. The van der Waals surface area contributed by atoms with Crippen LogP contribution in [0.25, 0.3) is 0 Å². The van der Waals surface area contributed by atoms with Crippen molar-refractivity contribution in [3.63, 3.8) is 0 Å². The van der Waals surface area contributed by atoms with Crippen molar-refractivity contribution in [1.82, 2.24) is 4.72 Å². The lowest BCUT2D eigenvalue weighted by molar-refractivity contribution is 0.401. The molecule has 0 aliphatic carbocycles. The average Bonchev–Trinajstić information content (AvgIpc) is 3.11. The Morgan fingerprint density at radius 2 is 1.85 bits per heavy atom. The van der Waals surface area contributed by atoms with Gasteiger partial charge in [-0.3, -0.25) is 0 Å². The molecule has 1 fully saturated rings. The molecular formula is C20H26N2O3S. The molecule has 0 amide bonds. The zero-order valence-corrected chi connectivity index (χ0v) is 16.3. The van der Waals surface area contributed by atoms with Crippen LogP contribution in [0.4, 0.5) is 5.69 Å². The van der Waals surface area contributed by atoms with Gasteiger partial charge in [0.15, 0.2) is 0 Å². The minimum absolute atomic E-state index is 0.157. The van der Waals surface area contributed by atoms with Crippen LogP contribution < -0.4 is 14.4 Å². The van der Waals surface area contributed by atoms with Gasteiger partial charge in [-0.2, -0.15) is 0 Å². The van der Waals surface area contributed by atoms with Crippen molar-refractivity contribution >= 4 is 15.7 Å². The quantitative estimate of drug-likeness (QED) is 0.843. The van der Waals surface area contributed by atoms with E-state index in [-0.39, 0.29) is 10.9 Å². The fourth-order valence-electron chi connectivity index (χ4n) is 3.42. The Morgan fingerprint density at radius 1 is 1.15 bits per heavy atom. The standard InChI is InChI=1S/C20H26N2O3S/c1-15-12-19(25-3)20(13-16(15)2)26(23,24)21-14-18-10-7-11-22(18)17-8-5-4-6-9-17/h4-6,8-9,12-13,18,21H,7,10-11,14H2,1-3H3. The molecule has 1 heterocycles. The summed E-state index contributed by atoms with van der Waals surface area (Å²) in [5.41, 5.74) is 3.07. The highest BCUT2D eigenvalue weighted by Gasteiger charge is 2.27. The van der Waals surface area contributed by atoms with E-state index in [0.29, 0.717) is 12.3 Å². The number of aryl methyl sites for hydroxylation is 2. The lowest BCUT2D eigenvalue weighted by Crippen LogP contribution is -2.40. The second kappa shape index (κ2) is 7.68. The predicted octanol–water partition coefficient (Wildman–Crippen LogP) is 3.26. The van der Waals surface area contributed by atoms with Gasteiger partial charge < -0.3 is 9.64 Å². The molecule has 1 N–H and O–H groups in total. The lowest BCUT2D eigenvalue weighted by Gasteiger charge is -2.27. The molecule has 0 bridgehead atoms. The summed E-state index contributed by atoms with van der Waals surface area (Å²) in [6, 6.07) is 13.8. The number of anilines is 1. The molecule has 1 saturated heterocycles. The van der Waals surface area contributed by atoms with Crippen molar-refractivity contribution in [2.45, 2.75) is 37.6 Å². The maximum absolute atomic E-state index is 12.9. The normalized spacial score (nSPS) is 17.5. The van der Waals surface area contributed by atoms with Crippen LogP contribution in [0.3, 0.4) is 0 Å². The molecule has 1 unspecified atom stereocenters. The second-order valence-corrected chi connectivity index (χ2v) is 8.50. The molecule has 1 atom stereocenters. The zero-order chi connectivity index (χ0) is 18.7. The molecule has 3 rings (SSSR count). The van der Waals surface area contributed by atoms with E-state index in [0.717, 1.165) is 36.2 Å². The Morgan fingerprint density at radius 3 is 2.54 bits per heavy atom. The van der Waals surface area contributed by atoms with E-state index in [4.69, 9.17) is 4.74 Å². The molecule has 1 aliphatic heterocycles. The number of nitrogens with one attached hydrogen (secondary N) is 1. The molecule has 0 spiro atoms. The molecule has 0 saturated carbocycles. The molecule has 2 aromatic rings. The Hall–Kier alpha value is -2.05. The number of hydrogen-bond donors (Lipinski definition) is 1. The van der Waals surface area contributed by atoms with Gasteiger partial charge in [-0.1, -0.05) is 18.2 Å².